The van der Waals surface area contributed by atoms with Crippen LogP contribution in [0.25, 0.3) is 0 Å². The highest BCUT2D eigenvalue weighted by atomic mass is 79.9. The normalized spacial score (nSPS) is 24.3. The summed E-state index contributed by atoms with van der Waals surface area (Å²) < 4.78 is 14.3. The summed E-state index contributed by atoms with van der Waals surface area (Å²) in [5.74, 6) is 0.426. The lowest BCUT2D eigenvalue weighted by Crippen LogP contribution is -2.57. The SMILES string of the molecule is CCC1CN(Cc2cc(F)cc(Br)c2)C(C(C)C)CN1. The summed E-state index contributed by atoms with van der Waals surface area (Å²) in [6.45, 7) is 9.60. The molecule has 2 unspecified atom stereocenters. The first kappa shape index (κ1) is 15.9. The Hall–Kier alpha value is -0.450. The third-order valence-corrected chi connectivity index (χ3v) is 4.57. The maximum atomic E-state index is 13.5. The fourth-order valence-corrected chi connectivity index (χ4v) is 3.46. The number of nitrogens with zero attached hydrogens (tertiary/aromatic N) is 1. The van der Waals surface area contributed by atoms with Crippen molar-refractivity contribution in [2.75, 3.05) is 13.1 Å². The van der Waals surface area contributed by atoms with Gasteiger partial charge in [-0.3, -0.25) is 4.90 Å². The molecule has 1 aromatic carbocycles. The first-order chi connectivity index (χ1) is 9.49. The van der Waals surface area contributed by atoms with Crippen LogP contribution in [0.2, 0.25) is 0 Å². The lowest BCUT2D eigenvalue weighted by molar-refractivity contribution is 0.0899. The Morgan fingerprint density at radius 3 is 2.75 bits per heavy atom. The van der Waals surface area contributed by atoms with Crippen LogP contribution in [0.5, 0.6) is 0 Å². The molecule has 2 atom stereocenters. The molecule has 1 saturated heterocycles. The summed E-state index contributed by atoms with van der Waals surface area (Å²) in [5.41, 5.74) is 1.04. The van der Waals surface area contributed by atoms with E-state index in [4.69, 9.17) is 0 Å². The molecule has 4 heteroatoms. The summed E-state index contributed by atoms with van der Waals surface area (Å²) in [6.07, 6.45) is 1.13. The molecule has 1 heterocycles. The second kappa shape index (κ2) is 7.01. The van der Waals surface area contributed by atoms with Crippen LogP contribution in [-0.4, -0.2) is 30.1 Å². The molecule has 1 aliphatic rings. The lowest BCUT2D eigenvalue weighted by Gasteiger charge is -2.42. The lowest BCUT2D eigenvalue weighted by atomic mass is 9.97. The molecule has 0 amide bonds. The Morgan fingerprint density at radius 2 is 2.15 bits per heavy atom. The maximum Gasteiger partial charge on any atom is 0.124 e. The Balaban J connectivity index is 2.13. The van der Waals surface area contributed by atoms with Gasteiger partial charge < -0.3 is 5.32 Å². The van der Waals surface area contributed by atoms with Gasteiger partial charge >= 0.3 is 0 Å². The molecular weight excluding hydrogens is 319 g/mol. The molecule has 0 spiro atoms. The molecule has 2 rings (SSSR count). The van der Waals surface area contributed by atoms with Gasteiger partial charge in [0.1, 0.15) is 5.82 Å². The Bertz CT molecular complexity index is 430. The van der Waals surface area contributed by atoms with Gasteiger partial charge in [0.2, 0.25) is 0 Å². The van der Waals surface area contributed by atoms with E-state index in [1.807, 2.05) is 6.07 Å². The highest BCUT2D eigenvalue weighted by Crippen LogP contribution is 2.21. The zero-order chi connectivity index (χ0) is 14.7. The van der Waals surface area contributed by atoms with Crippen LogP contribution in [0.4, 0.5) is 4.39 Å². The van der Waals surface area contributed by atoms with Crippen molar-refractivity contribution < 1.29 is 4.39 Å². The zero-order valence-corrected chi connectivity index (χ0v) is 14.1. The van der Waals surface area contributed by atoms with E-state index >= 15 is 0 Å². The van der Waals surface area contributed by atoms with Gasteiger partial charge in [-0.15, -0.1) is 0 Å². The number of benzene rings is 1. The largest absolute Gasteiger partial charge is 0.311 e. The monoisotopic (exact) mass is 342 g/mol. The van der Waals surface area contributed by atoms with Gasteiger partial charge in [-0.2, -0.15) is 0 Å². The molecule has 1 N–H and O–H groups in total. The summed E-state index contributed by atoms with van der Waals surface area (Å²) in [7, 11) is 0. The van der Waals surface area contributed by atoms with Gasteiger partial charge in [0, 0.05) is 36.2 Å². The van der Waals surface area contributed by atoms with Crippen LogP contribution in [0.15, 0.2) is 22.7 Å². The molecular formula is C16H24BrFN2. The molecule has 0 bridgehead atoms. The van der Waals surface area contributed by atoms with Crippen molar-refractivity contribution in [3.63, 3.8) is 0 Å². The molecule has 0 radical (unpaired) electrons. The minimum Gasteiger partial charge on any atom is -0.311 e. The van der Waals surface area contributed by atoms with Crippen LogP contribution >= 0.6 is 15.9 Å². The van der Waals surface area contributed by atoms with E-state index in [9.17, 15) is 4.39 Å². The number of halogens is 2. The molecule has 1 fully saturated rings. The summed E-state index contributed by atoms with van der Waals surface area (Å²) >= 11 is 3.38. The molecule has 0 saturated carbocycles. The Labute approximate surface area is 129 Å². The topological polar surface area (TPSA) is 15.3 Å². The minimum atomic E-state index is -0.169. The molecule has 20 heavy (non-hydrogen) atoms. The Kier molecular flexibility index (Phi) is 5.58. The second-order valence-electron chi connectivity index (χ2n) is 6.03. The van der Waals surface area contributed by atoms with Crippen LogP contribution in [0.1, 0.15) is 32.8 Å². The maximum absolute atomic E-state index is 13.5. The van der Waals surface area contributed by atoms with E-state index in [-0.39, 0.29) is 5.82 Å². The first-order valence-corrected chi connectivity index (χ1v) is 8.21. The van der Waals surface area contributed by atoms with Crippen molar-refractivity contribution >= 4 is 15.9 Å². The van der Waals surface area contributed by atoms with Crippen LogP contribution in [0, 0.1) is 11.7 Å². The van der Waals surface area contributed by atoms with Crippen molar-refractivity contribution in [3.05, 3.63) is 34.1 Å². The van der Waals surface area contributed by atoms with E-state index in [2.05, 4.69) is 46.9 Å². The van der Waals surface area contributed by atoms with E-state index in [0.717, 1.165) is 36.1 Å². The van der Waals surface area contributed by atoms with Gasteiger partial charge in [0.15, 0.2) is 0 Å². The highest BCUT2D eigenvalue weighted by Gasteiger charge is 2.29. The fourth-order valence-electron chi connectivity index (χ4n) is 2.95. The summed E-state index contributed by atoms with van der Waals surface area (Å²) in [4.78, 5) is 2.50. The van der Waals surface area contributed by atoms with Crippen LogP contribution in [-0.2, 0) is 6.54 Å². The van der Waals surface area contributed by atoms with Crippen LogP contribution in [0.3, 0.4) is 0 Å². The number of rotatable bonds is 4. The summed E-state index contributed by atoms with van der Waals surface area (Å²) in [5, 5.41) is 3.61. The number of piperazine rings is 1. The van der Waals surface area contributed by atoms with Gasteiger partial charge in [0.05, 0.1) is 0 Å². The van der Waals surface area contributed by atoms with E-state index in [0.29, 0.717) is 18.0 Å². The average molecular weight is 343 g/mol. The van der Waals surface area contributed by atoms with E-state index in [1.54, 1.807) is 6.07 Å². The third kappa shape index (κ3) is 4.03. The molecule has 0 aliphatic carbocycles. The van der Waals surface area contributed by atoms with Crippen molar-refractivity contribution in [1.82, 2.24) is 10.2 Å². The highest BCUT2D eigenvalue weighted by molar-refractivity contribution is 9.10. The predicted molar refractivity (Wildman–Crippen MR) is 85.2 cm³/mol. The standard InChI is InChI=1S/C16H24BrFN2/c1-4-15-10-20(16(8-19-15)11(2)3)9-12-5-13(17)7-14(18)6-12/h5-7,11,15-16,19H,4,8-10H2,1-3H3. The Morgan fingerprint density at radius 1 is 1.40 bits per heavy atom. The molecule has 1 aromatic rings. The second-order valence-corrected chi connectivity index (χ2v) is 6.95. The third-order valence-electron chi connectivity index (χ3n) is 4.11. The van der Waals surface area contributed by atoms with Crippen molar-refractivity contribution in [2.24, 2.45) is 5.92 Å². The van der Waals surface area contributed by atoms with Gasteiger partial charge in [-0.1, -0.05) is 36.7 Å². The predicted octanol–water partition coefficient (Wildman–Crippen LogP) is 3.80. The van der Waals surface area contributed by atoms with Crippen molar-refractivity contribution in [1.29, 1.82) is 0 Å². The van der Waals surface area contributed by atoms with Crippen molar-refractivity contribution in [2.45, 2.75) is 45.8 Å². The zero-order valence-electron chi connectivity index (χ0n) is 12.5. The molecule has 0 aromatic heterocycles. The molecule has 1 aliphatic heterocycles. The first-order valence-electron chi connectivity index (χ1n) is 7.42. The van der Waals surface area contributed by atoms with Gasteiger partial charge in [-0.05, 0) is 36.1 Å². The quantitative estimate of drug-likeness (QED) is 0.895. The van der Waals surface area contributed by atoms with Gasteiger partial charge in [0.25, 0.3) is 0 Å². The smallest absolute Gasteiger partial charge is 0.124 e. The van der Waals surface area contributed by atoms with Crippen molar-refractivity contribution in [3.8, 4) is 0 Å². The van der Waals surface area contributed by atoms with Crippen LogP contribution < -0.4 is 5.32 Å². The van der Waals surface area contributed by atoms with E-state index in [1.165, 1.54) is 6.07 Å². The average Bonchev–Trinajstić information content (AvgIpc) is 2.37. The molecule has 2 nitrogen and oxygen atoms in total. The minimum absolute atomic E-state index is 0.169. The fraction of sp³-hybridized carbons (Fsp3) is 0.625. The number of nitrogens with one attached hydrogen (secondary N) is 1. The number of hydrogen-bond donors (Lipinski definition) is 1. The summed E-state index contributed by atoms with van der Waals surface area (Å²) in [6, 6.07) is 6.23. The van der Waals surface area contributed by atoms with Gasteiger partial charge in [-0.25, -0.2) is 4.39 Å². The molecule has 112 valence electrons. The number of hydrogen-bond acceptors (Lipinski definition) is 2. The van der Waals surface area contributed by atoms with E-state index < -0.39 is 0 Å².